The summed E-state index contributed by atoms with van der Waals surface area (Å²) in [5, 5.41) is 3.03. The third-order valence-electron chi connectivity index (χ3n) is 5.14. The Hall–Kier alpha value is -2.47. The smallest absolute Gasteiger partial charge is 0.275 e. The largest absolute Gasteiger partial charge is 0.454 e. The first-order valence-electron chi connectivity index (χ1n) is 8.82. The molecule has 6 heteroatoms. The second-order valence-electron chi connectivity index (χ2n) is 6.79. The molecule has 2 atom stereocenters. The van der Waals surface area contributed by atoms with Gasteiger partial charge in [-0.15, -0.1) is 0 Å². The van der Waals surface area contributed by atoms with E-state index >= 15 is 0 Å². The van der Waals surface area contributed by atoms with E-state index in [1.54, 1.807) is 0 Å². The zero-order chi connectivity index (χ0) is 17.2. The van der Waals surface area contributed by atoms with Gasteiger partial charge in [0, 0.05) is 32.6 Å². The number of amides is 1. The van der Waals surface area contributed by atoms with Crippen molar-refractivity contribution < 1.29 is 19.2 Å². The van der Waals surface area contributed by atoms with Crippen LogP contribution in [0.1, 0.15) is 30.1 Å². The van der Waals surface area contributed by atoms with Crippen molar-refractivity contribution in [3.8, 4) is 11.5 Å². The molecule has 0 spiro atoms. The number of aromatic nitrogens is 1. The highest BCUT2D eigenvalue weighted by Crippen LogP contribution is 2.32. The SMILES string of the molecule is Cn1cccc1[C@H]1CCC[NH+]1CC(=O)NCc1ccc2c(c1)OCO2. The van der Waals surface area contributed by atoms with Gasteiger partial charge in [-0.2, -0.15) is 0 Å². The van der Waals surface area contributed by atoms with Crippen LogP contribution in [-0.4, -0.2) is 30.4 Å². The summed E-state index contributed by atoms with van der Waals surface area (Å²) < 4.78 is 12.9. The lowest BCUT2D eigenvalue weighted by Gasteiger charge is -2.21. The molecule has 3 heterocycles. The molecule has 0 radical (unpaired) electrons. The molecule has 6 nitrogen and oxygen atoms in total. The zero-order valence-corrected chi connectivity index (χ0v) is 14.5. The fourth-order valence-corrected chi connectivity index (χ4v) is 3.84. The molecular formula is C19H24N3O3+. The highest BCUT2D eigenvalue weighted by atomic mass is 16.7. The first-order chi connectivity index (χ1) is 12.2. The van der Waals surface area contributed by atoms with Crippen LogP contribution in [0.4, 0.5) is 0 Å². The Balaban J connectivity index is 1.33. The summed E-state index contributed by atoms with van der Waals surface area (Å²) in [6, 6.07) is 10.4. The lowest BCUT2D eigenvalue weighted by Crippen LogP contribution is -3.11. The van der Waals surface area contributed by atoms with Gasteiger partial charge in [0.05, 0.1) is 12.2 Å². The van der Waals surface area contributed by atoms with E-state index in [9.17, 15) is 4.79 Å². The van der Waals surface area contributed by atoms with Crippen molar-refractivity contribution in [3.05, 3.63) is 47.8 Å². The Labute approximate surface area is 147 Å². The lowest BCUT2D eigenvalue weighted by atomic mass is 10.1. The third-order valence-corrected chi connectivity index (χ3v) is 5.14. The Morgan fingerprint density at radius 1 is 1.32 bits per heavy atom. The molecule has 1 saturated heterocycles. The number of benzene rings is 1. The van der Waals surface area contributed by atoms with E-state index < -0.39 is 0 Å². The molecule has 2 aromatic rings. The number of likely N-dealkylation sites (tertiary alicyclic amines) is 1. The van der Waals surface area contributed by atoms with Crippen molar-refractivity contribution in [2.45, 2.75) is 25.4 Å². The van der Waals surface area contributed by atoms with Crippen LogP contribution in [-0.2, 0) is 18.4 Å². The van der Waals surface area contributed by atoms with Crippen LogP contribution in [0, 0.1) is 0 Å². The summed E-state index contributed by atoms with van der Waals surface area (Å²) in [5.41, 5.74) is 2.34. The number of quaternary nitrogens is 1. The summed E-state index contributed by atoms with van der Waals surface area (Å²) >= 11 is 0. The molecule has 1 aromatic heterocycles. The zero-order valence-electron chi connectivity index (χ0n) is 14.5. The van der Waals surface area contributed by atoms with Crippen molar-refractivity contribution >= 4 is 5.91 Å². The number of nitrogens with zero attached hydrogens (tertiary/aromatic N) is 1. The first kappa shape index (κ1) is 16.0. The average molecular weight is 342 g/mol. The van der Waals surface area contributed by atoms with Gasteiger partial charge in [0.25, 0.3) is 5.91 Å². The van der Waals surface area contributed by atoms with Gasteiger partial charge in [0.1, 0.15) is 6.04 Å². The van der Waals surface area contributed by atoms with Gasteiger partial charge in [-0.3, -0.25) is 4.79 Å². The second kappa shape index (κ2) is 6.80. The van der Waals surface area contributed by atoms with Gasteiger partial charge >= 0.3 is 0 Å². The number of hydrogen-bond donors (Lipinski definition) is 2. The number of ether oxygens (including phenoxy) is 2. The monoisotopic (exact) mass is 342 g/mol. The third kappa shape index (κ3) is 3.35. The normalized spacial score (nSPS) is 21.5. The Kier molecular flexibility index (Phi) is 4.36. The number of hydrogen-bond acceptors (Lipinski definition) is 3. The molecule has 2 aliphatic heterocycles. The highest BCUT2D eigenvalue weighted by Gasteiger charge is 2.32. The number of aryl methyl sites for hydroxylation is 1. The standard InChI is InChI=1S/C19H23N3O3/c1-21-8-2-4-15(21)16-5-3-9-22(16)12-19(23)20-11-14-6-7-17-18(10-14)25-13-24-17/h2,4,6-8,10,16H,3,5,9,11-13H2,1H3,(H,20,23)/p+1/t16-/m1/s1. The summed E-state index contributed by atoms with van der Waals surface area (Å²) in [4.78, 5) is 13.8. The van der Waals surface area contributed by atoms with Crippen molar-refractivity contribution in [1.82, 2.24) is 9.88 Å². The molecule has 1 fully saturated rings. The van der Waals surface area contributed by atoms with Crippen molar-refractivity contribution in [1.29, 1.82) is 0 Å². The van der Waals surface area contributed by atoms with Crippen molar-refractivity contribution in [2.75, 3.05) is 19.9 Å². The minimum Gasteiger partial charge on any atom is -0.454 e. The number of fused-ring (bicyclic) bond motifs is 1. The maximum absolute atomic E-state index is 12.4. The first-order valence-corrected chi connectivity index (χ1v) is 8.82. The van der Waals surface area contributed by atoms with E-state index in [1.807, 2.05) is 18.2 Å². The van der Waals surface area contributed by atoms with Gasteiger partial charge in [-0.1, -0.05) is 6.07 Å². The van der Waals surface area contributed by atoms with E-state index in [0.717, 1.165) is 30.0 Å². The van der Waals surface area contributed by atoms with Crippen LogP contribution in [0.2, 0.25) is 0 Å². The molecule has 1 amide bonds. The average Bonchev–Trinajstić information content (AvgIpc) is 3.33. The summed E-state index contributed by atoms with van der Waals surface area (Å²) in [6.45, 7) is 2.34. The van der Waals surface area contributed by atoms with E-state index in [2.05, 4.69) is 35.3 Å². The fourth-order valence-electron chi connectivity index (χ4n) is 3.84. The molecule has 25 heavy (non-hydrogen) atoms. The summed E-state index contributed by atoms with van der Waals surface area (Å²) in [6.07, 6.45) is 4.38. The van der Waals surface area contributed by atoms with Crippen LogP contribution in [0.15, 0.2) is 36.5 Å². The highest BCUT2D eigenvalue weighted by molar-refractivity contribution is 5.76. The number of nitrogens with one attached hydrogen (secondary N) is 2. The molecule has 1 unspecified atom stereocenters. The number of carbonyl (C=O) groups is 1. The summed E-state index contributed by atoms with van der Waals surface area (Å²) in [5.74, 6) is 1.61. The minimum absolute atomic E-state index is 0.0915. The summed E-state index contributed by atoms with van der Waals surface area (Å²) in [7, 11) is 2.07. The van der Waals surface area contributed by atoms with Crippen molar-refractivity contribution in [2.24, 2.45) is 7.05 Å². The van der Waals surface area contributed by atoms with E-state index in [-0.39, 0.29) is 12.7 Å². The predicted octanol–water partition coefficient (Wildman–Crippen LogP) is 0.790. The van der Waals surface area contributed by atoms with E-state index in [4.69, 9.17) is 9.47 Å². The fraction of sp³-hybridized carbons (Fsp3) is 0.421. The van der Waals surface area contributed by atoms with Crippen molar-refractivity contribution in [3.63, 3.8) is 0 Å². The maximum Gasteiger partial charge on any atom is 0.275 e. The molecule has 1 aromatic carbocycles. The molecule has 4 rings (SSSR count). The minimum atomic E-state index is 0.0915. The second-order valence-corrected chi connectivity index (χ2v) is 6.79. The number of rotatable bonds is 5. The molecular weight excluding hydrogens is 318 g/mol. The molecule has 132 valence electrons. The molecule has 0 saturated carbocycles. The van der Waals surface area contributed by atoms with Crippen LogP contribution in [0.5, 0.6) is 11.5 Å². The molecule has 0 aliphatic carbocycles. The van der Waals surface area contributed by atoms with Crippen LogP contribution in [0.3, 0.4) is 0 Å². The van der Waals surface area contributed by atoms with Gasteiger partial charge in [-0.05, 0) is 29.8 Å². The van der Waals surface area contributed by atoms with E-state index in [0.29, 0.717) is 19.1 Å². The van der Waals surface area contributed by atoms with Gasteiger partial charge < -0.3 is 24.3 Å². The molecule has 2 aliphatic rings. The van der Waals surface area contributed by atoms with Crippen LogP contribution < -0.4 is 19.7 Å². The van der Waals surface area contributed by atoms with Crippen LogP contribution >= 0.6 is 0 Å². The van der Waals surface area contributed by atoms with Gasteiger partial charge in [0.15, 0.2) is 18.0 Å². The van der Waals surface area contributed by atoms with Gasteiger partial charge in [0.2, 0.25) is 6.79 Å². The topological polar surface area (TPSA) is 56.9 Å². The van der Waals surface area contributed by atoms with Gasteiger partial charge in [-0.25, -0.2) is 0 Å². The lowest BCUT2D eigenvalue weighted by molar-refractivity contribution is -0.911. The van der Waals surface area contributed by atoms with Crippen LogP contribution in [0.25, 0.3) is 0 Å². The maximum atomic E-state index is 12.4. The Morgan fingerprint density at radius 3 is 3.04 bits per heavy atom. The van der Waals surface area contributed by atoms with E-state index in [1.165, 1.54) is 17.0 Å². The molecule has 0 bridgehead atoms. The Morgan fingerprint density at radius 2 is 2.20 bits per heavy atom. The Bertz CT molecular complexity index is 771. The number of carbonyl (C=O) groups excluding carboxylic acids is 1. The molecule has 2 N–H and O–H groups in total. The predicted molar refractivity (Wildman–Crippen MR) is 92.5 cm³/mol. The quantitative estimate of drug-likeness (QED) is 0.845.